The lowest BCUT2D eigenvalue weighted by Crippen LogP contribution is -2.52. The van der Waals surface area contributed by atoms with E-state index >= 15 is 0 Å². The number of halogens is 2. The van der Waals surface area contributed by atoms with Crippen LogP contribution in [0.2, 0.25) is 0 Å². The van der Waals surface area contributed by atoms with Crippen molar-refractivity contribution < 1.29 is 13.6 Å². The van der Waals surface area contributed by atoms with E-state index in [2.05, 4.69) is 25.6 Å². The number of nitrogens with one attached hydrogen (secondary N) is 2. The molecule has 2 aromatic heterocycles. The molecule has 0 spiro atoms. The zero-order valence-electron chi connectivity index (χ0n) is 21.3. The maximum absolute atomic E-state index is 13.3. The number of hydrogen-bond donors (Lipinski definition) is 3. The molecule has 198 valence electrons. The largest absolute Gasteiger partial charge is 0.383 e. The molecule has 1 saturated carbocycles. The average molecular weight is 513 g/mol. The molecule has 3 aromatic rings. The first-order valence-corrected chi connectivity index (χ1v) is 12.7. The van der Waals surface area contributed by atoms with Gasteiger partial charge in [0.2, 0.25) is 5.91 Å². The van der Waals surface area contributed by atoms with Crippen LogP contribution in [0.15, 0.2) is 35.6 Å². The van der Waals surface area contributed by atoms with Gasteiger partial charge in [-0.3, -0.25) is 4.79 Å². The lowest BCUT2D eigenvalue weighted by molar-refractivity contribution is -0.126. The minimum atomic E-state index is -2.74. The molecule has 2 fully saturated rings. The van der Waals surface area contributed by atoms with Crippen LogP contribution in [0, 0.1) is 0 Å². The number of piperidine rings is 1. The Morgan fingerprint density at radius 1 is 1.24 bits per heavy atom. The number of carbonyl (C=O) groups is 1. The summed E-state index contributed by atoms with van der Waals surface area (Å²) in [7, 11) is 1.75. The molecule has 11 heteroatoms. The summed E-state index contributed by atoms with van der Waals surface area (Å²) in [5.74, 6) is -2.60. The van der Waals surface area contributed by atoms with Gasteiger partial charge in [0, 0.05) is 25.6 Å². The Labute approximate surface area is 215 Å². The molecule has 1 aliphatic carbocycles. The second-order valence-electron chi connectivity index (χ2n) is 9.45. The van der Waals surface area contributed by atoms with Crippen LogP contribution < -0.4 is 16.4 Å². The SMILES string of the molecule is CC=NC.Nc1ncnc2c1c(-c1ccc(CNC(=O)C3CCC(F)(F)CN3)cc1)nn2C1CCCC1. The summed E-state index contributed by atoms with van der Waals surface area (Å²) < 4.78 is 28.5. The Kier molecular flexibility index (Phi) is 8.42. The number of nitrogens with zero attached hydrogens (tertiary/aromatic N) is 5. The summed E-state index contributed by atoms with van der Waals surface area (Å²) in [6, 6.07) is 7.44. The minimum Gasteiger partial charge on any atom is -0.383 e. The number of fused-ring (bicyclic) bond motifs is 1. The lowest BCUT2D eigenvalue weighted by atomic mass is 10.0. The van der Waals surface area contributed by atoms with E-state index in [1.807, 2.05) is 35.9 Å². The van der Waals surface area contributed by atoms with E-state index in [1.165, 1.54) is 19.2 Å². The van der Waals surface area contributed by atoms with Crippen molar-refractivity contribution in [3.8, 4) is 11.3 Å². The molecule has 37 heavy (non-hydrogen) atoms. The first-order chi connectivity index (χ1) is 17.8. The molecule has 5 rings (SSSR count). The molecular formula is C26H34F2N8O. The van der Waals surface area contributed by atoms with Crippen molar-refractivity contribution in [3.63, 3.8) is 0 Å². The van der Waals surface area contributed by atoms with Crippen LogP contribution in [0.25, 0.3) is 22.3 Å². The Bertz CT molecular complexity index is 1220. The van der Waals surface area contributed by atoms with Crippen LogP contribution in [0.3, 0.4) is 0 Å². The maximum Gasteiger partial charge on any atom is 0.260 e. The third kappa shape index (κ3) is 6.27. The summed E-state index contributed by atoms with van der Waals surface area (Å²) in [4.78, 5) is 24.6. The molecule has 3 heterocycles. The molecule has 1 aromatic carbocycles. The summed E-state index contributed by atoms with van der Waals surface area (Å²) in [6.07, 6.45) is 7.59. The van der Waals surface area contributed by atoms with Gasteiger partial charge in [-0.05, 0) is 38.0 Å². The molecule has 1 unspecified atom stereocenters. The van der Waals surface area contributed by atoms with Gasteiger partial charge in [0.15, 0.2) is 5.65 Å². The Morgan fingerprint density at radius 3 is 2.57 bits per heavy atom. The van der Waals surface area contributed by atoms with Gasteiger partial charge >= 0.3 is 0 Å². The second-order valence-corrected chi connectivity index (χ2v) is 9.45. The molecule has 0 radical (unpaired) electrons. The number of anilines is 1. The van der Waals surface area contributed by atoms with Gasteiger partial charge in [-0.1, -0.05) is 37.1 Å². The number of nitrogen functional groups attached to an aromatic ring is 1. The highest BCUT2D eigenvalue weighted by Crippen LogP contribution is 2.36. The van der Waals surface area contributed by atoms with Crippen molar-refractivity contribution in [2.24, 2.45) is 4.99 Å². The van der Waals surface area contributed by atoms with Crippen LogP contribution in [0.4, 0.5) is 14.6 Å². The molecular weight excluding hydrogens is 478 g/mol. The normalized spacial score (nSPS) is 19.6. The number of benzene rings is 1. The van der Waals surface area contributed by atoms with E-state index in [4.69, 9.17) is 10.8 Å². The number of amides is 1. The fourth-order valence-corrected chi connectivity index (χ4v) is 4.74. The number of nitrogens with two attached hydrogens (primary N) is 1. The van der Waals surface area contributed by atoms with Gasteiger partial charge < -0.3 is 21.4 Å². The topological polar surface area (TPSA) is 123 Å². The van der Waals surface area contributed by atoms with Crippen molar-refractivity contribution in [2.75, 3.05) is 19.3 Å². The van der Waals surface area contributed by atoms with Gasteiger partial charge in [-0.2, -0.15) is 5.10 Å². The second kappa shape index (κ2) is 11.7. The quantitative estimate of drug-likeness (QED) is 0.446. The van der Waals surface area contributed by atoms with Crippen molar-refractivity contribution in [2.45, 2.75) is 70.0 Å². The fourth-order valence-electron chi connectivity index (χ4n) is 4.74. The van der Waals surface area contributed by atoms with E-state index in [9.17, 15) is 13.6 Å². The Morgan fingerprint density at radius 2 is 1.95 bits per heavy atom. The molecule has 1 aliphatic heterocycles. The number of rotatable bonds is 5. The molecule has 0 bridgehead atoms. The van der Waals surface area contributed by atoms with E-state index in [0.29, 0.717) is 18.4 Å². The minimum absolute atomic E-state index is 0.123. The Balaban J connectivity index is 0.000000747. The summed E-state index contributed by atoms with van der Waals surface area (Å²) in [5.41, 5.74) is 9.50. The van der Waals surface area contributed by atoms with Crippen LogP contribution >= 0.6 is 0 Å². The monoisotopic (exact) mass is 512 g/mol. The molecule has 1 saturated heterocycles. The van der Waals surface area contributed by atoms with Gasteiger partial charge in [0.25, 0.3) is 5.92 Å². The van der Waals surface area contributed by atoms with Crippen LogP contribution in [-0.4, -0.2) is 57.4 Å². The zero-order valence-corrected chi connectivity index (χ0v) is 21.3. The molecule has 4 N–H and O–H groups in total. The first-order valence-electron chi connectivity index (χ1n) is 12.7. The summed E-state index contributed by atoms with van der Waals surface area (Å²) in [5, 5.41) is 11.1. The fraction of sp³-hybridized carbons (Fsp3) is 0.500. The number of carbonyl (C=O) groups excluding carboxylic acids is 1. The highest BCUT2D eigenvalue weighted by molar-refractivity contribution is 5.98. The van der Waals surface area contributed by atoms with Crippen molar-refractivity contribution in [1.29, 1.82) is 0 Å². The number of aromatic nitrogens is 4. The van der Waals surface area contributed by atoms with Crippen LogP contribution in [0.1, 0.15) is 57.1 Å². The predicted octanol–water partition coefficient (Wildman–Crippen LogP) is 3.90. The van der Waals surface area contributed by atoms with Crippen molar-refractivity contribution >= 4 is 29.0 Å². The van der Waals surface area contributed by atoms with Gasteiger partial charge in [-0.25, -0.2) is 23.4 Å². The number of aliphatic imine (C=N–C) groups is 1. The number of alkyl halides is 2. The van der Waals surface area contributed by atoms with Gasteiger partial charge in [-0.15, -0.1) is 0 Å². The molecule has 1 atom stereocenters. The van der Waals surface area contributed by atoms with Crippen LogP contribution in [0.5, 0.6) is 0 Å². The lowest BCUT2D eigenvalue weighted by Gasteiger charge is -2.28. The third-order valence-corrected chi connectivity index (χ3v) is 6.86. The standard InChI is InChI=1S/C23H27F2N7O.C3H7N/c24-23(25)10-9-17(28-12-23)22(33)27-11-14-5-7-15(8-6-14)19-18-20(26)29-13-30-21(18)32(31-19)16-3-1-2-4-16;1-3-4-2/h5-8,13,16-17,28H,1-4,9-12H2,(H,27,33)(H2,26,29,30);3H,1-2H3. The van der Waals surface area contributed by atoms with Gasteiger partial charge in [0.1, 0.15) is 17.8 Å². The zero-order chi connectivity index (χ0) is 26.4. The number of hydrogen-bond acceptors (Lipinski definition) is 7. The summed E-state index contributed by atoms with van der Waals surface area (Å²) >= 11 is 0. The molecule has 1 amide bonds. The highest BCUT2D eigenvalue weighted by atomic mass is 19.3. The molecule has 9 nitrogen and oxygen atoms in total. The smallest absolute Gasteiger partial charge is 0.260 e. The van der Waals surface area contributed by atoms with E-state index in [1.54, 1.807) is 13.3 Å². The predicted molar refractivity (Wildman–Crippen MR) is 141 cm³/mol. The highest BCUT2D eigenvalue weighted by Gasteiger charge is 2.37. The maximum atomic E-state index is 13.3. The first kappa shape index (κ1) is 26.6. The van der Waals surface area contributed by atoms with E-state index < -0.39 is 18.5 Å². The van der Waals surface area contributed by atoms with E-state index in [-0.39, 0.29) is 18.7 Å². The average Bonchev–Trinajstić information content (AvgIpc) is 3.57. The van der Waals surface area contributed by atoms with Crippen LogP contribution in [-0.2, 0) is 11.3 Å². The van der Waals surface area contributed by atoms with E-state index in [0.717, 1.165) is 40.7 Å². The third-order valence-electron chi connectivity index (χ3n) is 6.86. The summed E-state index contributed by atoms with van der Waals surface area (Å²) in [6.45, 7) is 1.74. The van der Waals surface area contributed by atoms with Gasteiger partial charge in [0.05, 0.1) is 24.0 Å². The Hall–Kier alpha value is -3.47. The van der Waals surface area contributed by atoms with Crippen molar-refractivity contribution in [1.82, 2.24) is 30.4 Å². The van der Waals surface area contributed by atoms with Crippen molar-refractivity contribution in [3.05, 3.63) is 36.2 Å². The molecule has 2 aliphatic rings.